The maximum atomic E-state index is 12.5. The van der Waals surface area contributed by atoms with Gasteiger partial charge < -0.3 is 14.5 Å². The van der Waals surface area contributed by atoms with Gasteiger partial charge in [-0.25, -0.2) is 13.1 Å². The number of carbonyl (C=O) groups is 1. The number of rotatable bonds is 13. The molecule has 0 aliphatic rings. The zero-order valence-electron chi connectivity index (χ0n) is 18.8. The van der Waals surface area contributed by atoms with E-state index < -0.39 is 10.0 Å². The molecule has 0 aliphatic carbocycles. The average molecular weight is 471 g/mol. The predicted octanol–water partition coefficient (Wildman–Crippen LogP) is 5.36. The van der Waals surface area contributed by atoms with Crippen LogP contribution in [0.25, 0.3) is 0 Å². The van der Waals surface area contributed by atoms with Crippen LogP contribution in [0.1, 0.15) is 55.1 Å². The largest absolute Gasteiger partial charge is 0.494 e. The number of hydrogen-bond acceptors (Lipinski definition) is 5. The van der Waals surface area contributed by atoms with Crippen molar-refractivity contribution in [3.05, 3.63) is 78.3 Å². The van der Waals surface area contributed by atoms with Gasteiger partial charge in [0.25, 0.3) is 5.91 Å². The van der Waals surface area contributed by atoms with Crippen LogP contribution in [0.15, 0.2) is 76.2 Å². The van der Waals surface area contributed by atoms with E-state index in [2.05, 4.69) is 17.0 Å². The highest BCUT2D eigenvalue weighted by Gasteiger charge is 2.15. The highest BCUT2D eigenvalue weighted by Crippen LogP contribution is 2.17. The molecule has 2 N–H and O–H groups in total. The van der Waals surface area contributed by atoms with Crippen LogP contribution < -0.4 is 14.8 Å². The van der Waals surface area contributed by atoms with Crippen molar-refractivity contribution in [3.63, 3.8) is 0 Å². The van der Waals surface area contributed by atoms with Crippen LogP contribution in [-0.4, -0.2) is 20.9 Å². The Morgan fingerprint density at radius 2 is 1.67 bits per heavy atom. The smallest absolute Gasteiger partial charge is 0.255 e. The van der Waals surface area contributed by atoms with Gasteiger partial charge >= 0.3 is 0 Å². The average Bonchev–Trinajstić information content (AvgIpc) is 3.35. The molecule has 0 saturated heterocycles. The van der Waals surface area contributed by atoms with Crippen LogP contribution in [-0.2, 0) is 16.6 Å². The van der Waals surface area contributed by atoms with E-state index in [0.717, 1.165) is 18.6 Å². The van der Waals surface area contributed by atoms with Gasteiger partial charge in [0.05, 0.1) is 24.3 Å². The summed E-state index contributed by atoms with van der Waals surface area (Å²) >= 11 is 0. The normalized spacial score (nSPS) is 11.3. The molecule has 1 heterocycles. The van der Waals surface area contributed by atoms with Crippen molar-refractivity contribution in [1.29, 1.82) is 0 Å². The van der Waals surface area contributed by atoms with E-state index in [9.17, 15) is 13.2 Å². The van der Waals surface area contributed by atoms with Gasteiger partial charge in [0.2, 0.25) is 10.0 Å². The minimum Gasteiger partial charge on any atom is -0.494 e. The summed E-state index contributed by atoms with van der Waals surface area (Å²) in [5.41, 5.74) is 0.986. The van der Waals surface area contributed by atoms with Crippen molar-refractivity contribution in [1.82, 2.24) is 4.72 Å². The highest BCUT2D eigenvalue weighted by molar-refractivity contribution is 7.89. The molecule has 0 radical (unpaired) electrons. The van der Waals surface area contributed by atoms with E-state index in [1.54, 1.807) is 48.5 Å². The number of hydrogen-bond donors (Lipinski definition) is 2. The topological polar surface area (TPSA) is 97.6 Å². The van der Waals surface area contributed by atoms with E-state index in [4.69, 9.17) is 9.15 Å². The third-order valence-corrected chi connectivity index (χ3v) is 6.49. The molecule has 7 nitrogen and oxygen atoms in total. The lowest BCUT2D eigenvalue weighted by molar-refractivity contribution is 0.102. The maximum Gasteiger partial charge on any atom is 0.255 e. The molecule has 2 aromatic carbocycles. The second-order valence-electron chi connectivity index (χ2n) is 7.67. The molecule has 0 unspecified atom stereocenters. The number of unbranched alkanes of at least 4 members (excludes halogenated alkanes) is 4. The number of amides is 1. The lowest BCUT2D eigenvalue weighted by Gasteiger charge is -2.09. The summed E-state index contributed by atoms with van der Waals surface area (Å²) in [4.78, 5) is 12.6. The lowest BCUT2D eigenvalue weighted by atomic mass is 10.1. The van der Waals surface area contributed by atoms with Crippen LogP contribution in [0.5, 0.6) is 5.75 Å². The molecule has 0 fully saturated rings. The molecule has 0 spiro atoms. The minimum absolute atomic E-state index is 0.0619. The van der Waals surface area contributed by atoms with Gasteiger partial charge in [-0.05, 0) is 67.1 Å². The monoisotopic (exact) mass is 470 g/mol. The third kappa shape index (κ3) is 7.76. The van der Waals surface area contributed by atoms with Gasteiger partial charge in [-0.2, -0.15) is 0 Å². The molecular formula is C25H30N2O5S. The van der Waals surface area contributed by atoms with E-state index in [-0.39, 0.29) is 17.3 Å². The number of nitrogens with one attached hydrogen (secondary N) is 2. The molecule has 0 bridgehead atoms. The van der Waals surface area contributed by atoms with Crippen molar-refractivity contribution < 1.29 is 22.4 Å². The second-order valence-corrected chi connectivity index (χ2v) is 9.44. The van der Waals surface area contributed by atoms with Crippen molar-refractivity contribution >= 4 is 21.6 Å². The first-order valence-corrected chi connectivity index (χ1v) is 12.6. The lowest BCUT2D eigenvalue weighted by Crippen LogP contribution is -2.23. The van der Waals surface area contributed by atoms with Crippen molar-refractivity contribution in [2.75, 3.05) is 11.9 Å². The number of ether oxygens (including phenoxy) is 1. The summed E-state index contributed by atoms with van der Waals surface area (Å²) in [7, 11) is -3.69. The number of benzene rings is 2. The van der Waals surface area contributed by atoms with Gasteiger partial charge in [0, 0.05) is 11.3 Å². The zero-order chi connectivity index (χ0) is 23.5. The quantitative estimate of drug-likeness (QED) is 0.328. The van der Waals surface area contributed by atoms with E-state index in [0.29, 0.717) is 23.6 Å². The van der Waals surface area contributed by atoms with Crippen molar-refractivity contribution in [2.45, 2.75) is 50.5 Å². The molecule has 176 valence electrons. The van der Waals surface area contributed by atoms with Gasteiger partial charge in [-0.3, -0.25) is 4.79 Å². The predicted molar refractivity (Wildman–Crippen MR) is 128 cm³/mol. The first-order valence-electron chi connectivity index (χ1n) is 11.1. The first kappa shape index (κ1) is 24.5. The molecule has 8 heteroatoms. The van der Waals surface area contributed by atoms with Gasteiger partial charge in [-0.15, -0.1) is 0 Å². The fourth-order valence-corrected chi connectivity index (χ4v) is 4.17. The third-order valence-electron chi connectivity index (χ3n) is 5.07. The van der Waals surface area contributed by atoms with E-state index in [1.165, 1.54) is 37.7 Å². The fraction of sp³-hybridized carbons (Fsp3) is 0.320. The number of carbonyl (C=O) groups excluding carboxylic acids is 1. The SMILES string of the molecule is CCCCCCCOc1ccc(C(=O)Nc2ccc(S(=O)(=O)NCc3ccco3)cc2)cc1. The Balaban J connectivity index is 1.48. The standard InChI is InChI=1S/C25H30N2O5S/c1-2-3-4-5-6-17-31-22-13-9-20(10-14-22)25(28)27-21-11-15-24(16-12-21)33(29,30)26-19-23-8-7-18-32-23/h7-16,18,26H,2-6,17,19H2,1H3,(H,27,28). The maximum absolute atomic E-state index is 12.5. The van der Waals surface area contributed by atoms with Crippen LogP contribution >= 0.6 is 0 Å². The Labute approximate surface area is 195 Å². The summed E-state index contributed by atoms with van der Waals surface area (Å²) < 4.78 is 38.1. The number of sulfonamides is 1. The molecule has 33 heavy (non-hydrogen) atoms. The molecule has 3 rings (SSSR count). The Morgan fingerprint density at radius 1 is 0.939 bits per heavy atom. The minimum atomic E-state index is -3.69. The van der Waals surface area contributed by atoms with Gasteiger partial charge in [0.1, 0.15) is 11.5 Å². The fourth-order valence-electron chi connectivity index (χ4n) is 3.18. The van der Waals surface area contributed by atoms with Gasteiger partial charge in [-0.1, -0.05) is 32.6 Å². The summed E-state index contributed by atoms with van der Waals surface area (Å²) in [6, 6.07) is 16.3. The summed E-state index contributed by atoms with van der Waals surface area (Å²) in [5, 5.41) is 2.77. The van der Waals surface area contributed by atoms with Crippen LogP contribution in [0.2, 0.25) is 0 Å². The van der Waals surface area contributed by atoms with Crippen LogP contribution in [0.3, 0.4) is 0 Å². The Morgan fingerprint density at radius 3 is 2.33 bits per heavy atom. The zero-order valence-corrected chi connectivity index (χ0v) is 19.6. The summed E-state index contributed by atoms with van der Waals surface area (Å²) in [6.45, 7) is 2.92. The van der Waals surface area contributed by atoms with Crippen LogP contribution in [0.4, 0.5) is 5.69 Å². The second kappa shape index (κ2) is 12.2. The van der Waals surface area contributed by atoms with Crippen molar-refractivity contribution in [3.8, 4) is 5.75 Å². The molecule has 0 aliphatic heterocycles. The molecule has 0 atom stereocenters. The van der Waals surface area contributed by atoms with E-state index >= 15 is 0 Å². The Kier molecular flexibility index (Phi) is 9.09. The number of furan rings is 1. The molecular weight excluding hydrogens is 440 g/mol. The molecule has 3 aromatic rings. The van der Waals surface area contributed by atoms with E-state index in [1.807, 2.05) is 0 Å². The van der Waals surface area contributed by atoms with Crippen LogP contribution in [0, 0.1) is 0 Å². The molecule has 0 saturated carbocycles. The highest BCUT2D eigenvalue weighted by atomic mass is 32.2. The number of anilines is 1. The molecule has 1 amide bonds. The summed E-state index contributed by atoms with van der Waals surface area (Å²) in [6.07, 6.45) is 7.37. The molecule has 1 aromatic heterocycles. The Hall–Kier alpha value is -3.10. The first-order chi connectivity index (χ1) is 16.0. The van der Waals surface area contributed by atoms with Gasteiger partial charge in [0.15, 0.2) is 0 Å². The van der Waals surface area contributed by atoms with Crippen molar-refractivity contribution in [2.24, 2.45) is 0 Å². The Bertz CT molecular complexity index is 1090. The summed E-state index contributed by atoms with van der Waals surface area (Å²) in [5.74, 6) is 0.970.